The summed E-state index contributed by atoms with van der Waals surface area (Å²) in [7, 11) is 1.20. The van der Waals surface area contributed by atoms with E-state index in [9.17, 15) is 14.0 Å². The van der Waals surface area contributed by atoms with Gasteiger partial charge < -0.3 is 15.2 Å². The van der Waals surface area contributed by atoms with E-state index in [1.54, 1.807) is 0 Å². The van der Waals surface area contributed by atoms with Crippen LogP contribution in [0.1, 0.15) is 10.4 Å². The van der Waals surface area contributed by atoms with E-state index in [4.69, 9.17) is 16.7 Å². The lowest BCUT2D eigenvalue weighted by Crippen LogP contribution is -2.38. The van der Waals surface area contributed by atoms with Gasteiger partial charge in [-0.25, -0.2) is 9.18 Å². The Morgan fingerprint density at radius 3 is 2.78 bits per heavy atom. The number of carboxylic acids is 1. The Balaban J connectivity index is 2.71. The summed E-state index contributed by atoms with van der Waals surface area (Å²) >= 11 is 5.52. The quantitative estimate of drug-likeness (QED) is 0.849. The van der Waals surface area contributed by atoms with Crippen molar-refractivity contribution in [2.45, 2.75) is 6.10 Å². The van der Waals surface area contributed by atoms with Crippen molar-refractivity contribution in [3.8, 4) is 0 Å². The molecular formula is C11H11ClFNO4. The summed E-state index contributed by atoms with van der Waals surface area (Å²) in [6.07, 6.45) is -1.18. The SMILES string of the molecule is COC(CNC(=O)c1cccc(Cl)c1F)C(=O)O. The first kappa shape index (κ1) is 14.4. The third-order valence-electron chi connectivity index (χ3n) is 2.20. The molecule has 0 aromatic heterocycles. The number of amides is 1. The molecule has 0 bridgehead atoms. The number of carboxylic acid groups (broad SMARTS) is 1. The van der Waals surface area contributed by atoms with E-state index in [1.165, 1.54) is 25.3 Å². The highest BCUT2D eigenvalue weighted by molar-refractivity contribution is 6.31. The molecule has 0 fully saturated rings. The van der Waals surface area contributed by atoms with Crippen LogP contribution in [0.3, 0.4) is 0 Å². The van der Waals surface area contributed by atoms with Gasteiger partial charge in [-0.2, -0.15) is 0 Å². The van der Waals surface area contributed by atoms with Gasteiger partial charge in [-0.15, -0.1) is 0 Å². The third kappa shape index (κ3) is 3.41. The number of aliphatic carboxylic acids is 1. The number of nitrogens with one attached hydrogen (secondary N) is 1. The van der Waals surface area contributed by atoms with Crippen molar-refractivity contribution in [2.24, 2.45) is 0 Å². The highest BCUT2D eigenvalue weighted by atomic mass is 35.5. The van der Waals surface area contributed by atoms with E-state index in [2.05, 4.69) is 10.1 Å². The van der Waals surface area contributed by atoms with Crippen LogP contribution in [0, 0.1) is 5.82 Å². The van der Waals surface area contributed by atoms with Gasteiger partial charge in [0.15, 0.2) is 11.9 Å². The second kappa shape index (κ2) is 6.32. The molecule has 7 heteroatoms. The summed E-state index contributed by atoms with van der Waals surface area (Å²) in [5.74, 6) is -2.82. The molecule has 18 heavy (non-hydrogen) atoms. The average Bonchev–Trinajstić information content (AvgIpc) is 2.32. The number of halogens is 2. The minimum Gasteiger partial charge on any atom is -0.479 e. The lowest BCUT2D eigenvalue weighted by molar-refractivity contribution is -0.148. The van der Waals surface area contributed by atoms with Crippen molar-refractivity contribution in [2.75, 3.05) is 13.7 Å². The summed E-state index contributed by atoms with van der Waals surface area (Å²) < 4.78 is 18.1. The van der Waals surface area contributed by atoms with Gasteiger partial charge in [-0.1, -0.05) is 17.7 Å². The van der Waals surface area contributed by atoms with Crippen LogP contribution >= 0.6 is 11.6 Å². The molecule has 1 atom stereocenters. The molecule has 1 rings (SSSR count). The topological polar surface area (TPSA) is 75.6 Å². The van der Waals surface area contributed by atoms with E-state index in [-0.39, 0.29) is 17.1 Å². The number of hydrogen-bond acceptors (Lipinski definition) is 3. The molecule has 0 aliphatic heterocycles. The molecule has 0 aliphatic carbocycles. The fraction of sp³-hybridized carbons (Fsp3) is 0.273. The zero-order valence-corrected chi connectivity index (χ0v) is 10.2. The maximum absolute atomic E-state index is 13.5. The van der Waals surface area contributed by atoms with Gasteiger partial charge in [-0.3, -0.25) is 4.79 Å². The van der Waals surface area contributed by atoms with E-state index in [1.807, 2.05) is 0 Å². The van der Waals surface area contributed by atoms with Crippen molar-refractivity contribution in [1.29, 1.82) is 0 Å². The van der Waals surface area contributed by atoms with Crippen LogP contribution in [0.15, 0.2) is 18.2 Å². The minimum absolute atomic E-state index is 0.177. The van der Waals surface area contributed by atoms with Crippen molar-refractivity contribution in [3.63, 3.8) is 0 Å². The van der Waals surface area contributed by atoms with Gasteiger partial charge in [0.05, 0.1) is 17.1 Å². The molecule has 0 heterocycles. The Morgan fingerprint density at radius 2 is 2.22 bits per heavy atom. The smallest absolute Gasteiger partial charge is 0.334 e. The van der Waals surface area contributed by atoms with Crippen molar-refractivity contribution in [1.82, 2.24) is 5.32 Å². The second-order valence-electron chi connectivity index (χ2n) is 3.37. The first-order valence-electron chi connectivity index (χ1n) is 4.95. The zero-order valence-electron chi connectivity index (χ0n) is 9.44. The predicted molar refractivity (Wildman–Crippen MR) is 62.2 cm³/mol. The van der Waals surface area contributed by atoms with Crippen molar-refractivity contribution in [3.05, 3.63) is 34.6 Å². The molecule has 0 radical (unpaired) electrons. The molecular weight excluding hydrogens is 265 g/mol. The molecule has 5 nitrogen and oxygen atoms in total. The summed E-state index contributed by atoms with van der Waals surface area (Å²) in [5.41, 5.74) is -0.247. The zero-order chi connectivity index (χ0) is 13.7. The molecule has 0 saturated heterocycles. The number of carbonyl (C=O) groups excluding carboxylic acids is 1. The maximum Gasteiger partial charge on any atom is 0.334 e. The van der Waals surface area contributed by atoms with Crippen LogP contribution in [-0.4, -0.2) is 36.7 Å². The molecule has 0 spiro atoms. The van der Waals surface area contributed by atoms with E-state index >= 15 is 0 Å². The molecule has 1 amide bonds. The Labute approximate surface area is 108 Å². The van der Waals surface area contributed by atoms with Crippen LogP contribution in [-0.2, 0) is 9.53 Å². The minimum atomic E-state index is -1.22. The number of hydrogen-bond donors (Lipinski definition) is 2. The number of methoxy groups -OCH3 is 1. The van der Waals surface area contributed by atoms with Gasteiger partial charge in [-0.05, 0) is 12.1 Å². The monoisotopic (exact) mass is 275 g/mol. The third-order valence-corrected chi connectivity index (χ3v) is 2.50. The van der Waals surface area contributed by atoms with Crippen LogP contribution in [0.4, 0.5) is 4.39 Å². The fourth-order valence-corrected chi connectivity index (χ4v) is 1.41. The number of carbonyl (C=O) groups is 2. The summed E-state index contributed by atoms with van der Waals surface area (Å²) in [6, 6.07) is 3.98. The first-order valence-corrected chi connectivity index (χ1v) is 5.33. The van der Waals surface area contributed by atoms with Crippen molar-refractivity contribution < 1.29 is 23.8 Å². The maximum atomic E-state index is 13.5. The number of ether oxygens (including phenoxy) is 1. The molecule has 0 saturated carbocycles. The highest BCUT2D eigenvalue weighted by Crippen LogP contribution is 2.17. The largest absolute Gasteiger partial charge is 0.479 e. The molecule has 2 N–H and O–H groups in total. The summed E-state index contributed by atoms with van der Waals surface area (Å²) in [5, 5.41) is 10.8. The normalized spacial score (nSPS) is 11.9. The lowest BCUT2D eigenvalue weighted by Gasteiger charge is -2.12. The Bertz CT molecular complexity index is 466. The molecule has 1 aromatic carbocycles. The van der Waals surface area contributed by atoms with Gasteiger partial charge in [0.1, 0.15) is 0 Å². The van der Waals surface area contributed by atoms with Gasteiger partial charge >= 0.3 is 5.97 Å². The first-order chi connectivity index (χ1) is 8.47. The number of rotatable bonds is 5. The molecule has 1 unspecified atom stereocenters. The van der Waals surface area contributed by atoms with Crippen LogP contribution in [0.2, 0.25) is 5.02 Å². The molecule has 1 aromatic rings. The Hall–Kier alpha value is -1.66. The summed E-state index contributed by atoms with van der Waals surface area (Å²) in [4.78, 5) is 22.2. The van der Waals surface area contributed by atoms with Crippen LogP contribution < -0.4 is 5.32 Å². The Morgan fingerprint density at radius 1 is 1.56 bits per heavy atom. The van der Waals surface area contributed by atoms with Crippen LogP contribution in [0.25, 0.3) is 0 Å². The molecule has 98 valence electrons. The van der Waals surface area contributed by atoms with Crippen molar-refractivity contribution >= 4 is 23.5 Å². The summed E-state index contributed by atoms with van der Waals surface area (Å²) in [6.45, 7) is -0.267. The second-order valence-corrected chi connectivity index (χ2v) is 3.78. The lowest BCUT2D eigenvalue weighted by atomic mass is 10.2. The van der Waals surface area contributed by atoms with Gasteiger partial charge in [0.25, 0.3) is 5.91 Å². The van der Waals surface area contributed by atoms with Crippen LogP contribution in [0.5, 0.6) is 0 Å². The highest BCUT2D eigenvalue weighted by Gasteiger charge is 2.19. The molecule has 0 aliphatic rings. The van der Waals surface area contributed by atoms with Gasteiger partial charge in [0, 0.05) is 7.11 Å². The fourth-order valence-electron chi connectivity index (χ4n) is 1.23. The average molecular weight is 276 g/mol. The predicted octanol–water partition coefficient (Wildman–Crippen LogP) is 1.31. The van der Waals surface area contributed by atoms with Gasteiger partial charge in [0.2, 0.25) is 0 Å². The van der Waals surface area contributed by atoms with E-state index in [0.29, 0.717) is 0 Å². The van der Waals surface area contributed by atoms with E-state index < -0.39 is 23.8 Å². The number of benzene rings is 1. The standard InChI is InChI=1S/C11H11ClFNO4/c1-18-8(11(16)17)5-14-10(15)6-3-2-4-7(12)9(6)13/h2-4,8H,5H2,1H3,(H,14,15)(H,16,17). The Kier molecular flexibility index (Phi) is 5.06. The van der Waals surface area contributed by atoms with E-state index in [0.717, 1.165) is 0 Å².